The van der Waals surface area contributed by atoms with E-state index in [1.807, 2.05) is 16.9 Å². The third-order valence-corrected chi connectivity index (χ3v) is 3.25. The van der Waals surface area contributed by atoms with Gasteiger partial charge in [-0.3, -0.25) is 4.68 Å². The maximum Gasteiger partial charge on any atom is 0.0941 e. The van der Waals surface area contributed by atoms with E-state index in [0.717, 1.165) is 18.8 Å². The highest BCUT2D eigenvalue weighted by atomic mass is 16.3. The van der Waals surface area contributed by atoms with Gasteiger partial charge in [0.15, 0.2) is 0 Å². The third kappa shape index (κ3) is 1.77. The molecule has 0 aromatic carbocycles. The van der Waals surface area contributed by atoms with Crippen molar-refractivity contribution in [1.82, 2.24) is 15.1 Å². The van der Waals surface area contributed by atoms with Gasteiger partial charge in [-0.15, -0.1) is 0 Å². The van der Waals surface area contributed by atoms with Crippen molar-refractivity contribution in [2.24, 2.45) is 0 Å². The lowest BCUT2D eigenvalue weighted by molar-refractivity contribution is 0.266. The molecule has 17 heavy (non-hydrogen) atoms. The highest BCUT2D eigenvalue weighted by Gasteiger charge is 2.25. The van der Waals surface area contributed by atoms with Crippen LogP contribution in [0.3, 0.4) is 0 Å². The molecule has 2 N–H and O–H groups in total. The SMILES string of the molecule is OCCn1ncc2c1CNCC2c1ccoc1. The van der Waals surface area contributed by atoms with Crippen LogP contribution in [-0.4, -0.2) is 28.0 Å². The largest absolute Gasteiger partial charge is 0.472 e. The molecule has 0 spiro atoms. The van der Waals surface area contributed by atoms with E-state index in [2.05, 4.69) is 10.4 Å². The number of hydrogen-bond acceptors (Lipinski definition) is 4. The molecule has 0 bridgehead atoms. The van der Waals surface area contributed by atoms with Crippen molar-refractivity contribution in [3.63, 3.8) is 0 Å². The summed E-state index contributed by atoms with van der Waals surface area (Å²) >= 11 is 0. The number of nitrogens with zero attached hydrogens (tertiary/aromatic N) is 2. The average molecular weight is 233 g/mol. The fraction of sp³-hybridized carbons (Fsp3) is 0.417. The van der Waals surface area contributed by atoms with Crippen molar-refractivity contribution in [2.75, 3.05) is 13.2 Å². The molecule has 0 saturated carbocycles. The summed E-state index contributed by atoms with van der Waals surface area (Å²) in [6.45, 7) is 2.38. The molecule has 3 rings (SSSR count). The number of rotatable bonds is 3. The second kappa shape index (κ2) is 4.35. The summed E-state index contributed by atoms with van der Waals surface area (Å²) in [6.07, 6.45) is 5.39. The van der Waals surface area contributed by atoms with Gasteiger partial charge >= 0.3 is 0 Å². The number of nitrogens with one attached hydrogen (secondary N) is 1. The molecule has 0 amide bonds. The Balaban J connectivity index is 1.97. The zero-order valence-corrected chi connectivity index (χ0v) is 9.47. The molecule has 0 saturated heterocycles. The molecular weight excluding hydrogens is 218 g/mol. The number of aliphatic hydroxyl groups is 1. The van der Waals surface area contributed by atoms with Gasteiger partial charge in [0, 0.05) is 24.6 Å². The summed E-state index contributed by atoms with van der Waals surface area (Å²) in [4.78, 5) is 0. The van der Waals surface area contributed by atoms with Crippen LogP contribution in [0.2, 0.25) is 0 Å². The first-order valence-electron chi connectivity index (χ1n) is 5.78. The number of aromatic nitrogens is 2. The summed E-state index contributed by atoms with van der Waals surface area (Å²) in [7, 11) is 0. The lowest BCUT2D eigenvalue weighted by atomic mass is 9.91. The predicted molar refractivity (Wildman–Crippen MR) is 61.6 cm³/mol. The van der Waals surface area contributed by atoms with Gasteiger partial charge in [0.25, 0.3) is 0 Å². The highest BCUT2D eigenvalue weighted by molar-refractivity contribution is 5.34. The van der Waals surface area contributed by atoms with Gasteiger partial charge in [-0.25, -0.2) is 0 Å². The van der Waals surface area contributed by atoms with Gasteiger partial charge in [-0.2, -0.15) is 5.10 Å². The van der Waals surface area contributed by atoms with Crippen LogP contribution in [-0.2, 0) is 13.1 Å². The normalized spacial score (nSPS) is 19.2. The maximum absolute atomic E-state index is 8.99. The zero-order valence-electron chi connectivity index (χ0n) is 9.47. The molecule has 5 heteroatoms. The fourth-order valence-electron chi connectivity index (χ4n) is 2.41. The Kier molecular flexibility index (Phi) is 2.70. The topological polar surface area (TPSA) is 63.2 Å². The van der Waals surface area contributed by atoms with Crippen molar-refractivity contribution in [3.8, 4) is 0 Å². The molecule has 1 aliphatic heterocycles. The van der Waals surface area contributed by atoms with Crippen molar-refractivity contribution in [2.45, 2.75) is 19.0 Å². The van der Waals surface area contributed by atoms with Gasteiger partial charge in [0.05, 0.1) is 37.6 Å². The molecule has 1 unspecified atom stereocenters. The third-order valence-electron chi connectivity index (χ3n) is 3.25. The summed E-state index contributed by atoms with van der Waals surface area (Å²) in [5.41, 5.74) is 3.57. The summed E-state index contributed by atoms with van der Waals surface area (Å²) in [5.74, 6) is 0.296. The molecule has 1 aliphatic rings. The van der Waals surface area contributed by atoms with E-state index in [4.69, 9.17) is 9.52 Å². The molecule has 3 heterocycles. The second-order valence-corrected chi connectivity index (χ2v) is 4.23. The monoisotopic (exact) mass is 233 g/mol. The molecule has 90 valence electrons. The Hall–Kier alpha value is -1.59. The number of hydrogen-bond donors (Lipinski definition) is 2. The van der Waals surface area contributed by atoms with Crippen LogP contribution < -0.4 is 5.32 Å². The van der Waals surface area contributed by atoms with Crippen LogP contribution in [0.1, 0.15) is 22.7 Å². The molecule has 2 aromatic rings. The first-order chi connectivity index (χ1) is 8.40. The quantitative estimate of drug-likeness (QED) is 0.819. The van der Waals surface area contributed by atoms with Crippen LogP contribution in [0.25, 0.3) is 0 Å². The molecule has 1 atom stereocenters. The lowest BCUT2D eigenvalue weighted by Crippen LogP contribution is -2.29. The molecular formula is C12H15N3O2. The van der Waals surface area contributed by atoms with Crippen LogP contribution in [0.15, 0.2) is 29.2 Å². The molecule has 0 radical (unpaired) electrons. The van der Waals surface area contributed by atoms with E-state index in [1.54, 1.807) is 12.5 Å². The minimum atomic E-state index is 0.116. The molecule has 5 nitrogen and oxygen atoms in total. The maximum atomic E-state index is 8.99. The van der Waals surface area contributed by atoms with Crippen molar-refractivity contribution >= 4 is 0 Å². The Bertz CT molecular complexity index is 490. The molecule has 2 aromatic heterocycles. The number of fused-ring (bicyclic) bond motifs is 1. The van der Waals surface area contributed by atoms with E-state index in [1.165, 1.54) is 11.1 Å². The lowest BCUT2D eigenvalue weighted by Gasteiger charge is -2.23. The van der Waals surface area contributed by atoms with Crippen molar-refractivity contribution < 1.29 is 9.52 Å². The van der Waals surface area contributed by atoms with Crippen molar-refractivity contribution in [3.05, 3.63) is 41.6 Å². The minimum absolute atomic E-state index is 0.116. The average Bonchev–Trinajstić information content (AvgIpc) is 2.98. The summed E-state index contributed by atoms with van der Waals surface area (Å²) in [6, 6.07) is 1.99. The first kappa shape index (κ1) is 10.6. The van der Waals surface area contributed by atoms with Crippen LogP contribution in [0.5, 0.6) is 0 Å². The second-order valence-electron chi connectivity index (χ2n) is 4.23. The van der Waals surface area contributed by atoms with E-state index in [9.17, 15) is 0 Å². The standard InChI is InChI=1S/C12H15N3O2/c16-3-2-15-12-7-13-5-10(11(12)6-14-15)9-1-4-17-8-9/h1,4,6,8,10,13,16H,2-3,5,7H2. The van der Waals surface area contributed by atoms with E-state index >= 15 is 0 Å². The van der Waals surface area contributed by atoms with Crippen LogP contribution in [0, 0.1) is 0 Å². The van der Waals surface area contributed by atoms with E-state index < -0.39 is 0 Å². The first-order valence-corrected chi connectivity index (χ1v) is 5.78. The zero-order chi connectivity index (χ0) is 11.7. The predicted octanol–water partition coefficient (Wildman–Crippen LogP) is 0.703. The summed E-state index contributed by atoms with van der Waals surface area (Å²) < 4.78 is 7.01. The Morgan fingerprint density at radius 1 is 1.59 bits per heavy atom. The highest BCUT2D eigenvalue weighted by Crippen LogP contribution is 2.30. The number of aliphatic hydroxyl groups excluding tert-OH is 1. The smallest absolute Gasteiger partial charge is 0.0941 e. The van der Waals surface area contributed by atoms with Gasteiger partial charge in [-0.05, 0) is 11.6 Å². The van der Waals surface area contributed by atoms with Crippen molar-refractivity contribution in [1.29, 1.82) is 0 Å². The Morgan fingerprint density at radius 3 is 3.29 bits per heavy atom. The van der Waals surface area contributed by atoms with Gasteiger partial charge in [-0.1, -0.05) is 0 Å². The Labute approximate surface area is 99.1 Å². The van der Waals surface area contributed by atoms with E-state index in [-0.39, 0.29) is 6.61 Å². The Morgan fingerprint density at radius 2 is 2.53 bits per heavy atom. The molecule has 0 aliphatic carbocycles. The van der Waals surface area contributed by atoms with Crippen LogP contribution in [0.4, 0.5) is 0 Å². The number of furan rings is 1. The minimum Gasteiger partial charge on any atom is -0.472 e. The fourth-order valence-corrected chi connectivity index (χ4v) is 2.41. The van der Waals surface area contributed by atoms with Gasteiger partial charge < -0.3 is 14.8 Å². The van der Waals surface area contributed by atoms with E-state index in [0.29, 0.717) is 12.5 Å². The molecule has 0 fully saturated rings. The van der Waals surface area contributed by atoms with Crippen LogP contribution >= 0.6 is 0 Å². The van der Waals surface area contributed by atoms with Gasteiger partial charge in [0.1, 0.15) is 0 Å². The summed E-state index contributed by atoms with van der Waals surface area (Å²) in [5, 5.41) is 16.7. The van der Waals surface area contributed by atoms with Gasteiger partial charge in [0.2, 0.25) is 0 Å².